The van der Waals surface area contributed by atoms with Crippen LogP contribution in [0.2, 0.25) is 0 Å². The minimum atomic E-state index is -0.262. The van der Waals surface area contributed by atoms with E-state index >= 15 is 0 Å². The van der Waals surface area contributed by atoms with Gasteiger partial charge in [0.25, 0.3) is 0 Å². The molecule has 1 amide bonds. The van der Waals surface area contributed by atoms with Crippen LogP contribution < -0.4 is 11.1 Å². The number of unbranched alkanes of at least 4 members (excludes halogenated alkanes) is 1. The number of rotatable bonds is 8. The fraction of sp³-hybridized carbons (Fsp3) is 0.562. The van der Waals surface area contributed by atoms with E-state index in [9.17, 15) is 9.18 Å². The molecular weight excluding hydrogens is 255 g/mol. The first-order chi connectivity index (χ1) is 9.58. The molecule has 112 valence electrons. The Labute approximate surface area is 120 Å². The standard InChI is InChI=1S/C16H25FN2O/c1-3-4-8-14(11-18)19-16(20)12(2)10-13-7-5-6-9-15(13)17/h5-7,9,12,14H,3-4,8,10-11,18H2,1-2H3,(H,19,20). The zero-order chi connectivity index (χ0) is 15.0. The number of hydrogen-bond donors (Lipinski definition) is 2. The highest BCUT2D eigenvalue weighted by molar-refractivity contribution is 5.78. The molecule has 3 nitrogen and oxygen atoms in total. The van der Waals surface area contributed by atoms with Crippen LogP contribution in [-0.4, -0.2) is 18.5 Å². The van der Waals surface area contributed by atoms with Gasteiger partial charge in [-0.3, -0.25) is 4.79 Å². The van der Waals surface area contributed by atoms with E-state index in [4.69, 9.17) is 5.73 Å². The van der Waals surface area contributed by atoms with Gasteiger partial charge in [-0.15, -0.1) is 0 Å². The molecule has 1 rings (SSSR count). The Morgan fingerprint density at radius 3 is 2.70 bits per heavy atom. The van der Waals surface area contributed by atoms with Crippen LogP contribution in [0.4, 0.5) is 4.39 Å². The van der Waals surface area contributed by atoms with Crippen molar-refractivity contribution in [1.82, 2.24) is 5.32 Å². The van der Waals surface area contributed by atoms with Crippen LogP contribution in [-0.2, 0) is 11.2 Å². The number of hydrogen-bond acceptors (Lipinski definition) is 2. The molecule has 3 N–H and O–H groups in total. The van der Waals surface area contributed by atoms with Crippen molar-refractivity contribution in [3.8, 4) is 0 Å². The molecule has 0 aliphatic rings. The minimum Gasteiger partial charge on any atom is -0.352 e. The second kappa shape index (κ2) is 8.69. The van der Waals surface area contributed by atoms with Crippen LogP contribution >= 0.6 is 0 Å². The van der Waals surface area contributed by atoms with Crippen molar-refractivity contribution in [3.63, 3.8) is 0 Å². The second-order valence-corrected chi connectivity index (χ2v) is 5.28. The summed E-state index contributed by atoms with van der Waals surface area (Å²) in [5.41, 5.74) is 6.24. The Bertz CT molecular complexity index is 423. The van der Waals surface area contributed by atoms with Gasteiger partial charge in [-0.2, -0.15) is 0 Å². The van der Waals surface area contributed by atoms with Gasteiger partial charge in [-0.1, -0.05) is 44.9 Å². The van der Waals surface area contributed by atoms with Gasteiger partial charge in [-0.05, 0) is 24.5 Å². The van der Waals surface area contributed by atoms with Crippen LogP contribution in [0.1, 0.15) is 38.7 Å². The molecule has 2 atom stereocenters. The number of nitrogens with one attached hydrogen (secondary N) is 1. The van der Waals surface area contributed by atoms with Gasteiger partial charge >= 0.3 is 0 Å². The summed E-state index contributed by atoms with van der Waals surface area (Å²) in [6.45, 7) is 4.36. The van der Waals surface area contributed by atoms with Gasteiger partial charge < -0.3 is 11.1 Å². The lowest BCUT2D eigenvalue weighted by Crippen LogP contribution is -2.43. The molecule has 20 heavy (non-hydrogen) atoms. The normalized spacial score (nSPS) is 13.8. The van der Waals surface area contributed by atoms with Crippen LogP contribution in [0.15, 0.2) is 24.3 Å². The van der Waals surface area contributed by atoms with Crippen molar-refractivity contribution in [1.29, 1.82) is 0 Å². The predicted molar refractivity (Wildman–Crippen MR) is 79.8 cm³/mol. The van der Waals surface area contributed by atoms with Gasteiger partial charge in [0.05, 0.1) is 0 Å². The molecule has 0 aliphatic heterocycles. The van der Waals surface area contributed by atoms with E-state index in [1.54, 1.807) is 18.2 Å². The summed E-state index contributed by atoms with van der Waals surface area (Å²) in [6.07, 6.45) is 3.43. The summed E-state index contributed by atoms with van der Waals surface area (Å²) in [5.74, 6) is -0.573. The molecule has 0 aliphatic carbocycles. The second-order valence-electron chi connectivity index (χ2n) is 5.28. The van der Waals surface area contributed by atoms with Gasteiger partial charge in [-0.25, -0.2) is 4.39 Å². The monoisotopic (exact) mass is 280 g/mol. The van der Waals surface area contributed by atoms with E-state index < -0.39 is 0 Å². The molecule has 0 fully saturated rings. The zero-order valence-electron chi connectivity index (χ0n) is 12.4. The third-order valence-corrected chi connectivity index (χ3v) is 3.47. The average molecular weight is 280 g/mol. The summed E-state index contributed by atoms with van der Waals surface area (Å²) in [4.78, 5) is 12.1. The molecule has 0 bridgehead atoms. The molecule has 2 unspecified atom stereocenters. The van der Waals surface area contributed by atoms with E-state index in [0.29, 0.717) is 18.5 Å². The molecule has 0 heterocycles. The molecule has 1 aromatic rings. The highest BCUT2D eigenvalue weighted by Crippen LogP contribution is 2.13. The Kier molecular flexibility index (Phi) is 7.23. The third kappa shape index (κ3) is 5.29. The number of carbonyl (C=O) groups excluding carboxylic acids is 1. The van der Waals surface area contributed by atoms with E-state index in [1.165, 1.54) is 6.07 Å². The number of benzene rings is 1. The first kappa shape index (κ1) is 16.6. The summed E-state index contributed by atoms with van der Waals surface area (Å²) >= 11 is 0. The van der Waals surface area contributed by atoms with Gasteiger partial charge in [0, 0.05) is 18.5 Å². The summed E-state index contributed by atoms with van der Waals surface area (Å²) in [6, 6.07) is 6.59. The number of carbonyl (C=O) groups is 1. The van der Waals surface area contributed by atoms with Crippen molar-refractivity contribution < 1.29 is 9.18 Å². The Morgan fingerprint density at radius 2 is 2.10 bits per heavy atom. The quantitative estimate of drug-likeness (QED) is 0.769. The van der Waals surface area contributed by atoms with E-state index in [1.807, 2.05) is 6.92 Å². The number of halogens is 1. The Hall–Kier alpha value is -1.42. The molecule has 0 spiro atoms. The average Bonchev–Trinajstić information content (AvgIpc) is 2.45. The first-order valence-corrected chi connectivity index (χ1v) is 7.32. The van der Waals surface area contributed by atoms with Gasteiger partial charge in [0.1, 0.15) is 5.82 Å². The lowest BCUT2D eigenvalue weighted by Gasteiger charge is -2.19. The van der Waals surface area contributed by atoms with E-state index in [0.717, 1.165) is 19.3 Å². The van der Waals surface area contributed by atoms with Crippen molar-refractivity contribution in [3.05, 3.63) is 35.6 Å². The molecule has 4 heteroatoms. The predicted octanol–water partition coefficient (Wildman–Crippen LogP) is 2.64. The molecule has 0 saturated heterocycles. The Balaban J connectivity index is 2.52. The molecule has 0 saturated carbocycles. The van der Waals surface area contributed by atoms with Gasteiger partial charge in [0.15, 0.2) is 0 Å². The van der Waals surface area contributed by atoms with Crippen LogP contribution in [0.25, 0.3) is 0 Å². The van der Waals surface area contributed by atoms with E-state index in [2.05, 4.69) is 12.2 Å². The first-order valence-electron chi connectivity index (χ1n) is 7.32. The number of nitrogens with two attached hydrogens (primary N) is 1. The smallest absolute Gasteiger partial charge is 0.223 e. The van der Waals surface area contributed by atoms with Crippen molar-refractivity contribution in [2.45, 2.75) is 45.6 Å². The fourth-order valence-electron chi connectivity index (χ4n) is 2.13. The highest BCUT2D eigenvalue weighted by Gasteiger charge is 2.18. The van der Waals surface area contributed by atoms with Crippen LogP contribution in [0.5, 0.6) is 0 Å². The van der Waals surface area contributed by atoms with Crippen molar-refractivity contribution in [2.75, 3.05) is 6.54 Å². The molecule has 1 aromatic carbocycles. The summed E-state index contributed by atoms with van der Waals surface area (Å²) in [7, 11) is 0. The largest absolute Gasteiger partial charge is 0.352 e. The lowest BCUT2D eigenvalue weighted by molar-refractivity contribution is -0.125. The number of amides is 1. The fourth-order valence-corrected chi connectivity index (χ4v) is 2.13. The molecule has 0 aromatic heterocycles. The SMILES string of the molecule is CCCCC(CN)NC(=O)C(C)Cc1ccccc1F. The maximum atomic E-state index is 13.6. The topological polar surface area (TPSA) is 55.1 Å². The maximum absolute atomic E-state index is 13.6. The van der Waals surface area contributed by atoms with Crippen molar-refractivity contribution >= 4 is 5.91 Å². The Morgan fingerprint density at radius 1 is 1.40 bits per heavy atom. The lowest BCUT2D eigenvalue weighted by atomic mass is 9.99. The zero-order valence-corrected chi connectivity index (χ0v) is 12.4. The summed E-state index contributed by atoms with van der Waals surface area (Å²) in [5, 5.41) is 2.95. The van der Waals surface area contributed by atoms with Crippen LogP contribution in [0.3, 0.4) is 0 Å². The molecular formula is C16H25FN2O. The molecule has 0 radical (unpaired) electrons. The third-order valence-electron chi connectivity index (χ3n) is 3.47. The van der Waals surface area contributed by atoms with Gasteiger partial charge in [0.2, 0.25) is 5.91 Å². The highest BCUT2D eigenvalue weighted by atomic mass is 19.1. The summed E-state index contributed by atoms with van der Waals surface area (Å²) < 4.78 is 13.6. The van der Waals surface area contributed by atoms with Crippen molar-refractivity contribution in [2.24, 2.45) is 11.7 Å². The van der Waals surface area contributed by atoms with Crippen LogP contribution in [0, 0.1) is 11.7 Å². The minimum absolute atomic E-state index is 0.0190. The van der Waals surface area contributed by atoms with E-state index in [-0.39, 0.29) is 23.7 Å². The maximum Gasteiger partial charge on any atom is 0.223 e.